The molecule has 1 aromatic heterocycles. The van der Waals surface area contributed by atoms with Gasteiger partial charge in [-0.15, -0.1) is 5.10 Å². The second-order valence-corrected chi connectivity index (χ2v) is 3.99. The minimum Gasteiger partial charge on any atom is -0.490 e. The maximum absolute atomic E-state index is 11.6. The van der Waals surface area contributed by atoms with Crippen molar-refractivity contribution in [3.05, 3.63) is 39.7 Å². The van der Waals surface area contributed by atoms with Crippen molar-refractivity contribution in [2.75, 3.05) is 7.11 Å². The first-order valence-corrected chi connectivity index (χ1v) is 5.58. The van der Waals surface area contributed by atoms with Crippen molar-refractivity contribution in [1.82, 2.24) is 15.0 Å². The number of carbonyl (C=O) groups is 2. The van der Waals surface area contributed by atoms with Crippen LogP contribution in [-0.2, 0) is 4.74 Å². The van der Waals surface area contributed by atoms with E-state index in [1.54, 1.807) is 0 Å². The molecule has 1 aliphatic rings. The number of rotatable bonds is 3. The predicted molar refractivity (Wildman–Crippen MR) is 64.3 cm³/mol. The van der Waals surface area contributed by atoms with Crippen LogP contribution in [0.4, 0.5) is 5.69 Å². The number of hydrogen-bond donors (Lipinski definition) is 0. The zero-order chi connectivity index (χ0) is 15.1. The Hall–Kier alpha value is -3.30. The first-order valence-electron chi connectivity index (χ1n) is 5.58. The molecule has 0 saturated carbocycles. The number of hydrogen-bond acceptors (Lipinski definition) is 8. The Kier molecular flexibility index (Phi) is 2.65. The maximum Gasteiger partial charge on any atom is 0.369 e. The molecule has 1 aromatic carbocycles. The summed E-state index contributed by atoms with van der Waals surface area (Å²) in [6.45, 7) is 0. The Balaban J connectivity index is 2.17. The van der Waals surface area contributed by atoms with E-state index in [1.807, 2.05) is 0 Å². The Bertz CT molecular complexity index is 796. The zero-order valence-electron chi connectivity index (χ0n) is 10.5. The number of nitro benzene ring substituents is 1. The number of carbonyl (C=O) groups excluding carboxylic acids is 2. The van der Waals surface area contributed by atoms with Gasteiger partial charge in [-0.25, -0.2) is 14.3 Å². The van der Waals surface area contributed by atoms with Crippen molar-refractivity contribution in [2.45, 2.75) is 0 Å². The van der Waals surface area contributed by atoms with E-state index < -0.39 is 16.9 Å². The summed E-state index contributed by atoms with van der Waals surface area (Å²) in [7, 11) is 1.30. The summed E-state index contributed by atoms with van der Waals surface area (Å²) < 4.78 is 10.3. The molecule has 21 heavy (non-hydrogen) atoms. The van der Waals surface area contributed by atoms with Gasteiger partial charge in [0.2, 0.25) is 5.69 Å². The summed E-state index contributed by atoms with van der Waals surface area (Å²) in [6.07, 6.45) is 0. The molecule has 0 N–H and O–H groups in total. The topological polar surface area (TPSA) is 126 Å². The molecule has 0 aliphatic carbocycles. The number of nitrogens with zero attached hydrogens (tertiary/aromatic N) is 4. The monoisotopic (exact) mass is 290 g/mol. The van der Waals surface area contributed by atoms with Gasteiger partial charge in [0.25, 0.3) is 0 Å². The number of ether oxygens (including phenoxy) is 2. The third kappa shape index (κ3) is 1.81. The number of methoxy groups -OCH3 is 1. The molecule has 0 radical (unpaired) electrons. The molecule has 106 valence electrons. The highest BCUT2D eigenvalue weighted by molar-refractivity contribution is 6.12. The van der Waals surface area contributed by atoms with Crippen LogP contribution in [0.25, 0.3) is 5.69 Å². The van der Waals surface area contributed by atoms with Crippen molar-refractivity contribution in [1.29, 1.82) is 0 Å². The first-order chi connectivity index (χ1) is 10.0. The molecular formula is C11H6N4O6. The SMILES string of the molecule is COc1ccc(-n2nnc3c2C(=O)OC3=O)cc1[N+](=O)[O-]. The Morgan fingerprint density at radius 3 is 2.76 bits per heavy atom. The largest absolute Gasteiger partial charge is 0.490 e. The van der Waals surface area contributed by atoms with E-state index in [2.05, 4.69) is 15.0 Å². The standard InChI is InChI=1S/C11H6N4O6/c1-20-7-3-2-5(4-6(7)15(18)19)14-9-8(12-13-14)10(16)21-11(9)17/h2-4H,1H3. The van der Waals surface area contributed by atoms with E-state index in [4.69, 9.17) is 4.74 Å². The summed E-state index contributed by atoms with van der Waals surface area (Å²) >= 11 is 0. The summed E-state index contributed by atoms with van der Waals surface area (Å²) in [5.74, 6) is -1.75. The lowest BCUT2D eigenvalue weighted by atomic mass is 10.2. The lowest BCUT2D eigenvalue weighted by Crippen LogP contribution is -2.08. The van der Waals surface area contributed by atoms with Crippen LogP contribution in [0.15, 0.2) is 18.2 Å². The van der Waals surface area contributed by atoms with Gasteiger partial charge < -0.3 is 9.47 Å². The summed E-state index contributed by atoms with van der Waals surface area (Å²) in [5.41, 5.74) is -0.516. The second kappa shape index (κ2) is 4.37. The zero-order valence-corrected chi connectivity index (χ0v) is 10.5. The second-order valence-electron chi connectivity index (χ2n) is 3.99. The van der Waals surface area contributed by atoms with Crippen molar-refractivity contribution >= 4 is 17.6 Å². The normalized spacial score (nSPS) is 13.0. The molecule has 0 amide bonds. The predicted octanol–water partition coefficient (Wildman–Crippen LogP) is 0.495. The van der Waals surface area contributed by atoms with Gasteiger partial charge in [0.1, 0.15) is 0 Å². The van der Waals surface area contributed by atoms with E-state index in [1.165, 1.54) is 19.2 Å². The van der Waals surface area contributed by atoms with Crippen LogP contribution in [0.3, 0.4) is 0 Å². The van der Waals surface area contributed by atoms with Crippen LogP contribution in [-0.4, -0.2) is 39.0 Å². The van der Waals surface area contributed by atoms with Gasteiger partial charge in [-0.05, 0) is 12.1 Å². The Morgan fingerprint density at radius 2 is 2.10 bits per heavy atom. The number of nitro groups is 1. The quantitative estimate of drug-likeness (QED) is 0.346. The van der Waals surface area contributed by atoms with Crippen LogP contribution < -0.4 is 4.74 Å². The van der Waals surface area contributed by atoms with Gasteiger partial charge in [0.15, 0.2) is 11.4 Å². The van der Waals surface area contributed by atoms with E-state index >= 15 is 0 Å². The highest BCUT2D eigenvalue weighted by Crippen LogP contribution is 2.30. The molecule has 2 heterocycles. The molecule has 0 fully saturated rings. The fraction of sp³-hybridized carbons (Fsp3) is 0.0909. The van der Waals surface area contributed by atoms with Crippen LogP contribution in [0, 0.1) is 10.1 Å². The molecule has 10 nitrogen and oxygen atoms in total. The van der Waals surface area contributed by atoms with E-state index in [9.17, 15) is 19.7 Å². The first kappa shape index (κ1) is 12.7. The van der Waals surface area contributed by atoms with Gasteiger partial charge in [-0.3, -0.25) is 10.1 Å². The Morgan fingerprint density at radius 1 is 1.33 bits per heavy atom. The summed E-state index contributed by atoms with van der Waals surface area (Å²) in [4.78, 5) is 33.2. The molecule has 3 rings (SSSR count). The van der Waals surface area contributed by atoms with Crippen molar-refractivity contribution in [2.24, 2.45) is 0 Å². The molecule has 0 saturated heterocycles. The van der Waals surface area contributed by atoms with E-state index in [-0.39, 0.29) is 28.5 Å². The molecule has 10 heteroatoms. The molecule has 1 aliphatic heterocycles. The smallest absolute Gasteiger partial charge is 0.369 e. The summed E-state index contributed by atoms with van der Waals surface area (Å²) in [5, 5.41) is 18.2. The average molecular weight is 290 g/mol. The molecule has 2 aromatic rings. The number of esters is 2. The highest BCUT2D eigenvalue weighted by atomic mass is 16.6. The molecule has 0 atom stereocenters. The van der Waals surface area contributed by atoms with Crippen molar-refractivity contribution < 1.29 is 24.0 Å². The van der Waals surface area contributed by atoms with Crippen LogP contribution in [0.2, 0.25) is 0 Å². The third-order valence-corrected chi connectivity index (χ3v) is 2.85. The lowest BCUT2D eigenvalue weighted by molar-refractivity contribution is -0.385. The fourth-order valence-electron chi connectivity index (χ4n) is 1.92. The number of cyclic esters (lactones) is 2. The lowest BCUT2D eigenvalue weighted by Gasteiger charge is -2.05. The number of fused-ring (bicyclic) bond motifs is 1. The van der Waals surface area contributed by atoms with Crippen LogP contribution in [0.1, 0.15) is 21.0 Å². The molecule has 0 spiro atoms. The van der Waals surface area contributed by atoms with Gasteiger partial charge >= 0.3 is 17.6 Å². The van der Waals surface area contributed by atoms with Gasteiger partial charge in [-0.2, -0.15) is 0 Å². The third-order valence-electron chi connectivity index (χ3n) is 2.85. The van der Waals surface area contributed by atoms with Gasteiger partial charge in [-0.1, -0.05) is 5.21 Å². The molecular weight excluding hydrogens is 284 g/mol. The van der Waals surface area contributed by atoms with Crippen molar-refractivity contribution in [3.8, 4) is 11.4 Å². The number of benzene rings is 1. The summed E-state index contributed by atoms with van der Waals surface area (Å²) in [6, 6.07) is 3.95. The average Bonchev–Trinajstić information content (AvgIpc) is 3.01. The molecule has 0 bridgehead atoms. The van der Waals surface area contributed by atoms with Crippen LogP contribution in [0.5, 0.6) is 5.75 Å². The highest BCUT2D eigenvalue weighted by Gasteiger charge is 2.37. The minimum atomic E-state index is -0.904. The maximum atomic E-state index is 11.6. The molecule has 0 unspecified atom stereocenters. The minimum absolute atomic E-state index is 0.0548. The van der Waals surface area contributed by atoms with E-state index in [0.29, 0.717) is 0 Å². The van der Waals surface area contributed by atoms with E-state index in [0.717, 1.165) is 10.7 Å². The Labute approximate surface area is 116 Å². The van der Waals surface area contributed by atoms with Gasteiger partial charge in [0.05, 0.1) is 17.7 Å². The number of aromatic nitrogens is 3. The fourth-order valence-corrected chi connectivity index (χ4v) is 1.92. The van der Waals surface area contributed by atoms with Gasteiger partial charge in [0, 0.05) is 6.07 Å². The van der Waals surface area contributed by atoms with Crippen LogP contribution >= 0.6 is 0 Å². The van der Waals surface area contributed by atoms with Crippen molar-refractivity contribution in [3.63, 3.8) is 0 Å².